The van der Waals surface area contributed by atoms with E-state index in [9.17, 15) is 4.79 Å². The van der Waals surface area contributed by atoms with Crippen LogP contribution in [0.3, 0.4) is 0 Å². The smallest absolute Gasteiger partial charge is 0.259 e. The zero-order valence-electron chi connectivity index (χ0n) is 9.97. The molecule has 3 rings (SSSR count). The molecule has 1 saturated carbocycles. The molecule has 90 valence electrons. The van der Waals surface area contributed by atoms with Crippen molar-refractivity contribution in [3.63, 3.8) is 0 Å². The number of nitrogens with zero attached hydrogens (tertiary/aromatic N) is 3. The van der Waals surface area contributed by atoms with Crippen LogP contribution in [0.25, 0.3) is 10.4 Å². The zero-order chi connectivity index (χ0) is 12.8. The van der Waals surface area contributed by atoms with E-state index in [0.717, 1.165) is 23.9 Å². The Bertz CT molecular complexity index is 676. The number of aromatic nitrogens is 2. The summed E-state index contributed by atoms with van der Waals surface area (Å²) >= 11 is 0. The van der Waals surface area contributed by atoms with Crippen molar-refractivity contribution in [2.75, 3.05) is 5.32 Å². The number of anilines is 1. The highest BCUT2D eigenvalue weighted by atomic mass is 16.1. The van der Waals surface area contributed by atoms with Gasteiger partial charge in [0.05, 0.1) is 11.1 Å². The Balaban J connectivity index is 2.02. The molecule has 0 spiro atoms. The van der Waals surface area contributed by atoms with Crippen LogP contribution in [-0.4, -0.2) is 15.5 Å². The van der Waals surface area contributed by atoms with E-state index in [1.807, 2.05) is 24.4 Å². The van der Waals surface area contributed by atoms with Gasteiger partial charge in [-0.25, -0.2) is 11.1 Å². The summed E-state index contributed by atoms with van der Waals surface area (Å²) in [7, 11) is 0. The van der Waals surface area contributed by atoms with Gasteiger partial charge in [-0.05, 0) is 12.1 Å². The summed E-state index contributed by atoms with van der Waals surface area (Å²) in [5.41, 5.74) is 1.58. The third-order valence-electron chi connectivity index (χ3n) is 3.24. The molecule has 2 aromatic rings. The Hall–Kier alpha value is -2.35. The number of hydrogen-bond acceptors (Lipinski definition) is 2. The van der Waals surface area contributed by atoms with Crippen molar-refractivity contribution in [1.29, 1.82) is 0 Å². The highest BCUT2D eigenvalue weighted by molar-refractivity contribution is 5.88. The second-order valence-corrected chi connectivity index (χ2v) is 4.64. The summed E-state index contributed by atoms with van der Waals surface area (Å²) < 4.78 is 1.71. The Morgan fingerprint density at radius 2 is 2.33 bits per heavy atom. The van der Waals surface area contributed by atoms with Gasteiger partial charge >= 0.3 is 0 Å². The molecule has 0 radical (unpaired) electrons. The van der Waals surface area contributed by atoms with E-state index >= 15 is 0 Å². The van der Waals surface area contributed by atoms with Gasteiger partial charge in [0, 0.05) is 32.0 Å². The van der Waals surface area contributed by atoms with Crippen LogP contribution >= 0.6 is 0 Å². The van der Waals surface area contributed by atoms with Gasteiger partial charge in [0.2, 0.25) is 5.91 Å². The zero-order valence-corrected chi connectivity index (χ0v) is 9.97. The van der Waals surface area contributed by atoms with Crippen molar-refractivity contribution in [2.24, 2.45) is 0 Å². The van der Waals surface area contributed by atoms with Crippen LogP contribution < -0.4 is 5.32 Å². The van der Waals surface area contributed by atoms with Gasteiger partial charge in [0.1, 0.15) is 0 Å². The minimum absolute atomic E-state index is 0.140. The molecule has 1 aliphatic carbocycles. The van der Waals surface area contributed by atoms with Crippen LogP contribution in [0, 0.1) is 6.57 Å². The molecule has 0 unspecified atom stereocenters. The number of carbonyl (C=O) groups is 1. The van der Waals surface area contributed by atoms with Crippen LogP contribution in [-0.2, 0) is 10.3 Å². The van der Waals surface area contributed by atoms with Crippen LogP contribution in [0.1, 0.15) is 25.3 Å². The molecular formula is C13H12N4O. The Kier molecular flexibility index (Phi) is 2.14. The maximum Gasteiger partial charge on any atom is 0.259 e. The molecule has 1 fully saturated rings. The Morgan fingerprint density at radius 1 is 1.56 bits per heavy atom. The number of carbonyl (C=O) groups excluding carboxylic acids is 1. The second-order valence-electron chi connectivity index (χ2n) is 4.64. The quantitative estimate of drug-likeness (QED) is 0.818. The first-order valence-electron chi connectivity index (χ1n) is 5.79. The topological polar surface area (TPSA) is 50.8 Å². The second kappa shape index (κ2) is 3.57. The van der Waals surface area contributed by atoms with Crippen LogP contribution in [0.4, 0.5) is 5.82 Å². The van der Waals surface area contributed by atoms with Crippen molar-refractivity contribution >= 4 is 17.2 Å². The fourth-order valence-electron chi connectivity index (χ4n) is 2.09. The first-order valence-corrected chi connectivity index (χ1v) is 5.79. The molecule has 0 aliphatic heterocycles. The monoisotopic (exact) mass is 240 g/mol. The van der Waals surface area contributed by atoms with Gasteiger partial charge in [0.15, 0.2) is 5.82 Å². The lowest BCUT2D eigenvalue weighted by Gasteiger charge is -2.02. The third kappa shape index (κ3) is 1.63. The summed E-state index contributed by atoms with van der Waals surface area (Å²) in [5.74, 6) is 0.394. The highest BCUT2D eigenvalue weighted by Crippen LogP contribution is 2.49. The normalized spacial score (nSPS) is 16.2. The van der Waals surface area contributed by atoms with Crippen LogP contribution in [0.5, 0.6) is 0 Å². The molecule has 5 nitrogen and oxygen atoms in total. The van der Waals surface area contributed by atoms with Crippen molar-refractivity contribution in [2.45, 2.75) is 25.3 Å². The fourth-order valence-corrected chi connectivity index (χ4v) is 2.09. The van der Waals surface area contributed by atoms with E-state index < -0.39 is 0 Å². The molecule has 1 amide bonds. The van der Waals surface area contributed by atoms with E-state index in [2.05, 4.69) is 15.3 Å². The van der Waals surface area contributed by atoms with E-state index in [1.165, 1.54) is 6.92 Å². The fraction of sp³-hybridized carbons (Fsp3) is 0.308. The number of amides is 1. The number of nitrogens with one attached hydrogen (secondary N) is 1. The molecule has 2 heterocycles. The van der Waals surface area contributed by atoms with Crippen molar-refractivity contribution in [3.05, 3.63) is 41.4 Å². The first-order chi connectivity index (χ1) is 8.63. The summed E-state index contributed by atoms with van der Waals surface area (Å²) in [5, 5.41) is 6.92. The molecule has 18 heavy (non-hydrogen) atoms. The lowest BCUT2D eigenvalue weighted by Crippen LogP contribution is -2.06. The predicted molar refractivity (Wildman–Crippen MR) is 67.0 cm³/mol. The van der Waals surface area contributed by atoms with E-state index in [-0.39, 0.29) is 11.4 Å². The third-order valence-corrected chi connectivity index (χ3v) is 3.24. The molecule has 1 aliphatic rings. The summed E-state index contributed by atoms with van der Waals surface area (Å²) in [6.07, 6.45) is 3.72. The summed E-state index contributed by atoms with van der Waals surface area (Å²) in [6, 6.07) is 5.71. The predicted octanol–water partition coefficient (Wildman–Crippen LogP) is 2.20. The van der Waals surface area contributed by atoms with Gasteiger partial charge in [-0.15, -0.1) is 0 Å². The van der Waals surface area contributed by atoms with E-state index in [1.54, 1.807) is 4.52 Å². The van der Waals surface area contributed by atoms with E-state index in [0.29, 0.717) is 5.82 Å². The standard InChI is InChI=1S/C13H12N4O/c1-9(18)15-12-7-11-4-3-10(8-17(11)16-12)13(14-2)5-6-13/h3-4,7-8H,5-6H2,1H3,(H,15,16,18). The molecule has 0 saturated heterocycles. The lowest BCUT2D eigenvalue weighted by molar-refractivity contribution is -0.114. The number of fused-ring (bicyclic) bond motifs is 1. The average molecular weight is 240 g/mol. The molecule has 0 aromatic carbocycles. The first kappa shape index (κ1) is 10.8. The van der Waals surface area contributed by atoms with Gasteiger partial charge in [-0.1, -0.05) is 0 Å². The maximum atomic E-state index is 11.0. The Morgan fingerprint density at radius 3 is 2.94 bits per heavy atom. The molecule has 0 bridgehead atoms. The van der Waals surface area contributed by atoms with Crippen molar-refractivity contribution < 1.29 is 4.79 Å². The molecule has 2 aromatic heterocycles. The molecule has 0 atom stereocenters. The van der Waals surface area contributed by atoms with Gasteiger partial charge in [-0.3, -0.25) is 4.79 Å². The minimum Gasteiger partial charge on any atom is -0.309 e. The van der Waals surface area contributed by atoms with Crippen LogP contribution in [0.2, 0.25) is 0 Å². The number of pyridine rings is 1. The van der Waals surface area contributed by atoms with E-state index in [4.69, 9.17) is 6.57 Å². The van der Waals surface area contributed by atoms with Crippen molar-refractivity contribution in [1.82, 2.24) is 9.61 Å². The Labute approximate surface area is 104 Å². The van der Waals surface area contributed by atoms with Gasteiger partial charge in [-0.2, -0.15) is 5.10 Å². The number of hydrogen-bond donors (Lipinski definition) is 1. The molecule has 1 N–H and O–H groups in total. The molecular weight excluding hydrogens is 228 g/mol. The SMILES string of the molecule is [C-]#[N+]C1(c2ccc3cc(NC(C)=O)nn3c2)CC1. The van der Waals surface area contributed by atoms with Crippen molar-refractivity contribution in [3.8, 4) is 0 Å². The summed E-state index contributed by atoms with van der Waals surface area (Å²) in [6.45, 7) is 8.70. The lowest BCUT2D eigenvalue weighted by atomic mass is 10.1. The summed E-state index contributed by atoms with van der Waals surface area (Å²) in [4.78, 5) is 14.7. The average Bonchev–Trinajstić information content (AvgIpc) is 3.03. The molecule has 5 heteroatoms. The largest absolute Gasteiger partial charge is 0.309 e. The minimum atomic E-state index is -0.325. The highest BCUT2D eigenvalue weighted by Gasteiger charge is 2.52. The van der Waals surface area contributed by atoms with Crippen LogP contribution in [0.15, 0.2) is 24.4 Å². The maximum absolute atomic E-state index is 11.0. The van der Waals surface area contributed by atoms with Gasteiger partial charge in [0.25, 0.3) is 5.54 Å². The number of rotatable bonds is 2. The van der Waals surface area contributed by atoms with Gasteiger partial charge < -0.3 is 10.2 Å².